The van der Waals surface area contributed by atoms with E-state index in [1.165, 1.54) is 6.20 Å². The van der Waals surface area contributed by atoms with Crippen molar-refractivity contribution in [1.29, 1.82) is 0 Å². The summed E-state index contributed by atoms with van der Waals surface area (Å²) in [6.07, 6.45) is 1.51. The molecule has 16 heavy (non-hydrogen) atoms. The van der Waals surface area contributed by atoms with E-state index in [0.717, 1.165) is 5.69 Å². The van der Waals surface area contributed by atoms with Crippen LogP contribution in [-0.2, 0) is 0 Å². The van der Waals surface area contributed by atoms with Gasteiger partial charge in [-0.05, 0) is 25.1 Å². The van der Waals surface area contributed by atoms with Crippen molar-refractivity contribution in [2.75, 3.05) is 5.32 Å². The van der Waals surface area contributed by atoms with Gasteiger partial charge in [-0.25, -0.2) is 0 Å². The molecule has 1 amide bonds. The van der Waals surface area contributed by atoms with Crippen molar-refractivity contribution in [2.45, 2.75) is 6.92 Å². The molecule has 1 N–H and O–H groups in total. The zero-order chi connectivity index (χ0) is 11.4. The van der Waals surface area contributed by atoms with Gasteiger partial charge in [0, 0.05) is 5.69 Å². The lowest BCUT2D eigenvalue weighted by Gasteiger charge is -2.05. The second-order valence-electron chi connectivity index (χ2n) is 3.35. The second kappa shape index (κ2) is 4.53. The topological polar surface area (TPSA) is 54.9 Å². The number of carbonyl (C=O) groups is 1. The van der Waals surface area contributed by atoms with Gasteiger partial charge in [-0.3, -0.25) is 4.79 Å². The van der Waals surface area contributed by atoms with Crippen LogP contribution in [0.15, 0.2) is 42.6 Å². The summed E-state index contributed by atoms with van der Waals surface area (Å²) in [7, 11) is 0. The molecule has 0 radical (unpaired) electrons. The van der Waals surface area contributed by atoms with E-state index in [1.54, 1.807) is 13.0 Å². The van der Waals surface area contributed by atoms with E-state index in [4.69, 9.17) is 0 Å². The Bertz CT molecular complexity index is 497. The highest BCUT2D eigenvalue weighted by molar-refractivity contribution is 6.04. The molecule has 80 valence electrons. The number of hydrogen-bond acceptors (Lipinski definition) is 3. The summed E-state index contributed by atoms with van der Waals surface area (Å²) in [5.41, 5.74) is 1.93. The number of para-hydroxylation sites is 1. The van der Waals surface area contributed by atoms with Crippen LogP contribution in [0.5, 0.6) is 0 Å². The normalized spacial score (nSPS) is 9.81. The van der Waals surface area contributed by atoms with E-state index >= 15 is 0 Å². The molecule has 4 heteroatoms. The van der Waals surface area contributed by atoms with Crippen molar-refractivity contribution in [3.63, 3.8) is 0 Å². The van der Waals surface area contributed by atoms with E-state index in [1.807, 2.05) is 30.3 Å². The Labute approximate surface area is 93.3 Å². The number of carbonyl (C=O) groups excluding carboxylic acids is 1. The molecule has 0 atom stereocenters. The molecule has 4 nitrogen and oxygen atoms in total. The Balaban J connectivity index is 2.19. The average Bonchev–Trinajstić information content (AvgIpc) is 2.31. The third-order valence-corrected chi connectivity index (χ3v) is 2.18. The third kappa shape index (κ3) is 2.23. The van der Waals surface area contributed by atoms with Gasteiger partial charge < -0.3 is 5.32 Å². The fourth-order valence-corrected chi connectivity index (χ4v) is 1.36. The minimum atomic E-state index is -0.168. The van der Waals surface area contributed by atoms with E-state index in [9.17, 15) is 4.79 Å². The molecule has 2 rings (SSSR count). The van der Waals surface area contributed by atoms with Crippen molar-refractivity contribution in [1.82, 2.24) is 10.2 Å². The molecule has 0 bridgehead atoms. The molecule has 0 aliphatic rings. The van der Waals surface area contributed by atoms with Crippen LogP contribution in [0.2, 0.25) is 0 Å². The lowest BCUT2D eigenvalue weighted by atomic mass is 10.2. The number of amides is 1. The largest absolute Gasteiger partial charge is 0.322 e. The van der Waals surface area contributed by atoms with Crippen molar-refractivity contribution in [2.24, 2.45) is 0 Å². The summed E-state index contributed by atoms with van der Waals surface area (Å²) < 4.78 is 0. The molecule has 1 heterocycles. The second-order valence-corrected chi connectivity index (χ2v) is 3.35. The van der Waals surface area contributed by atoms with Crippen LogP contribution >= 0.6 is 0 Å². The van der Waals surface area contributed by atoms with Crippen molar-refractivity contribution in [3.8, 4) is 0 Å². The summed E-state index contributed by atoms with van der Waals surface area (Å²) in [4.78, 5) is 11.9. The monoisotopic (exact) mass is 213 g/mol. The highest BCUT2D eigenvalue weighted by atomic mass is 16.1. The first-order valence-corrected chi connectivity index (χ1v) is 4.92. The molecule has 1 aromatic carbocycles. The molecule has 1 aromatic heterocycles. The van der Waals surface area contributed by atoms with Crippen LogP contribution in [0.4, 0.5) is 5.69 Å². The smallest absolute Gasteiger partial charge is 0.257 e. The van der Waals surface area contributed by atoms with Crippen LogP contribution in [0.1, 0.15) is 16.1 Å². The summed E-state index contributed by atoms with van der Waals surface area (Å²) in [5.74, 6) is -0.168. The average molecular weight is 213 g/mol. The van der Waals surface area contributed by atoms with E-state index in [2.05, 4.69) is 15.5 Å². The zero-order valence-corrected chi connectivity index (χ0v) is 8.84. The molecular weight excluding hydrogens is 202 g/mol. The van der Waals surface area contributed by atoms with Gasteiger partial charge in [-0.15, -0.1) is 0 Å². The Morgan fingerprint density at radius 3 is 2.62 bits per heavy atom. The van der Waals surface area contributed by atoms with Gasteiger partial charge in [-0.1, -0.05) is 18.2 Å². The molecule has 0 aliphatic carbocycles. The first kappa shape index (κ1) is 10.3. The highest BCUT2D eigenvalue weighted by Crippen LogP contribution is 2.09. The van der Waals surface area contributed by atoms with Gasteiger partial charge in [0.15, 0.2) is 0 Å². The van der Waals surface area contributed by atoms with Gasteiger partial charge >= 0.3 is 0 Å². The van der Waals surface area contributed by atoms with Crippen LogP contribution < -0.4 is 5.32 Å². The molecular formula is C12H11N3O. The van der Waals surface area contributed by atoms with E-state index in [0.29, 0.717) is 11.3 Å². The first-order valence-electron chi connectivity index (χ1n) is 4.92. The van der Waals surface area contributed by atoms with E-state index in [-0.39, 0.29) is 5.91 Å². The highest BCUT2D eigenvalue weighted by Gasteiger charge is 2.09. The lowest BCUT2D eigenvalue weighted by Crippen LogP contribution is -2.14. The van der Waals surface area contributed by atoms with Crippen molar-refractivity contribution >= 4 is 11.6 Å². The number of hydrogen-bond donors (Lipinski definition) is 1. The summed E-state index contributed by atoms with van der Waals surface area (Å²) in [5, 5.41) is 10.3. The first-order chi connectivity index (χ1) is 7.77. The predicted octanol–water partition coefficient (Wildman–Crippen LogP) is 2.04. The van der Waals surface area contributed by atoms with Crippen LogP contribution in [0, 0.1) is 6.92 Å². The number of aryl methyl sites for hydroxylation is 1. The lowest BCUT2D eigenvalue weighted by molar-refractivity contribution is 0.102. The summed E-state index contributed by atoms with van der Waals surface area (Å²) in [6, 6.07) is 11.0. The molecule has 0 spiro atoms. The summed E-state index contributed by atoms with van der Waals surface area (Å²) in [6.45, 7) is 1.76. The number of nitrogens with one attached hydrogen (secondary N) is 1. The molecule has 0 saturated heterocycles. The van der Waals surface area contributed by atoms with Gasteiger partial charge in [0.05, 0.1) is 17.5 Å². The Kier molecular flexibility index (Phi) is 2.91. The SMILES string of the molecule is Cc1nnccc1C(=O)Nc1ccccc1. The fraction of sp³-hybridized carbons (Fsp3) is 0.0833. The maximum atomic E-state index is 11.9. The predicted molar refractivity (Wildman–Crippen MR) is 61.2 cm³/mol. The molecule has 0 saturated carbocycles. The van der Waals surface area contributed by atoms with Gasteiger partial charge in [0.25, 0.3) is 5.91 Å². The maximum Gasteiger partial charge on any atom is 0.257 e. The molecule has 0 unspecified atom stereocenters. The Morgan fingerprint density at radius 1 is 1.19 bits per heavy atom. The third-order valence-electron chi connectivity index (χ3n) is 2.18. The fourth-order valence-electron chi connectivity index (χ4n) is 1.36. The number of anilines is 1. The molecule has 0 fully saturated rings. The Morgan fingerprint density at radius 2 is 1.94 bits per heavy atom. The quantitative estimate of drug-likeness (QED) is 0.830. The minimum absolute atomic E-state index is 0.168. The van der Waals surface area contributed by atoms with Gasteiger partial charge in [0.2, 0.25) is 0 Å². The van der Waals surface area contributed by atoms with Crippen LogP contribution in [0.3, 0.4) is 0 Å². The van der Waals surface area contributed by atoms with Crippen molar-refractivity contribution in [3.05, 3.63) is 53.9 Å². The van der Waals surface area contributed by atoms with Gasteiger partial charge in [-0.2, -0.15) is 10.2 Å². The van der Waals surface area contributed by atoms with E-state index < -0.39 is 0 Å². The summed E-state index contributed by atoms with van der Waals surface area (Å²) >= 11 is 0. The molecule has 0 aliphatic heterocycles. The van der Waals surface area contributed by atoms with Crippen molar-refractivity contribution < 1.29 is 4.79 Å². The number of rotatable bonds is 2. The van der Waals surface area contributed by atoms with Crippen LogP contribution in [0.25, 0.3) is 0 Å². The maximum absolute atomic E-state index is 11.9. The minimum Gasteiger partial charge on any atom is -0.322 e. The number of aromatic nitrogens is 2. The number of benzene rings is 1. The number of nitrogens with zero attached hydrogens (tertiary/aromatic N) is 2. The Hall–Kier alpha value is -2.23. The van der Waals surface area contributed by atoms with Crippen LogP contribution in [-0.4, -0.2) is 16.1 Å². The van der Waals surface area contributed by atoms with Gasteiger partial charge in [0.1, 0.15) is 0 Å². The zero-order valence-electron chi connectivity index (χ0n) is 8.84. The standard InChI is InChI=1S/C12H11N3O/c1-9-11(7-8-13-15-9)12(16)14-10-5-3-2-4-6-10/h2-8H,1H3,(H,14,16). The molecule has 2 aromatic rings.